The first-order valence-electron chi connectivity index (χ1n) is 12.4. The molecular weight excluding hydrogens is 519 g/mol. The Balaban J connectivity index is 1.76. The van der Waals surface area contributed by atoms with Crippen LogP contribution in [0, 0.1) is 0 Å². The van der Waals surface area contributed by atoms with Gasteiger partial charge in [0.1, 0.15) is 11.6 Å². The van der Waals surface area contributed by atoms with E-state index in [2.05, 4.69) is 4.90 Å². The topological polar surface area (TPSA) is 84.5 Å². The van der Waals surface area contributed by atoms with Crippen LogP contribution in [0.2, 0.25) is 10.0 Å². The summed E-state index contributed by atoms with van der Waals surface area (Å²) in [6.45, 7) is 0.850. The van der Waals surface area contributed by atoms with Gasteiger partial charge in [0, 0.05) is 33.8 Å². The van der Waals surface area contributed by atoms with Crippen LogP contribution in [0.1, 0.15) is 29.8 Å². The molecule has 4 aromatic rings. The average Bonchev–Trinajstić information content (AvgIpc) is 3.43. The molecule has 38 heavy (non-hydrogen) atoms. The van der Waals surface area contributed by atoms with Crippen LogP contribution < -0.4 is 15.4 Å². The Bertz CT molecular complexity index is 1460. The number of methoxy groups -OCH3 is 1. The Kier molecular flexibility index (Phi) is 7.84. The number of ether oxygens (including phenoxy) is 1. The standard InChI is InChI=1S/C30H28Cl2N4O2/c1-38-23-14-10-19(11-15-23)26-17-27(36-16-4-5-22(36)18-37)35-30(34-26)28(20-8-12-21(31)13-9-20)29(33)24-6-2-3-7-25(24)32/h2-3,6-15,17,22,37H,4-5,16,18,33H2,1H3. The van der Waals surface area contributed by atoms with Crippen molar-refractivity contribution in [2.45, 2.75) is 18.9 Å². The van der Waals surface area contributed by atoms with Gasteiger partial charge in [-0.15, -0.1) is 0 Å². The van der Waals surface area contributed by atoms with Crippen molar-refractivity contribution in [1.29, 1.82) is 0 Å². The average molecular weight is 547 g/mol. The number of hydrogen-bond donors (Lipinski definition) is 2. The summed E-state index contributed by atoms with van der Waals surface area (Å²) in [7, 11) is 1.64. The van der Waals surface area contributed by atoms with Crippen molar-refractivity contribution in [3.63, 3.8) is 0 Å². The van der Waals surface area contributed by atoms with E-state index in [0.717, 1.165) is 47.8 Å². The molecule has 0 amide bonds. The van der Waals surface area contributed by atoms with Crippen molar-refractivity contribution in [1.82, 2.24) is 9.97 Å². The van der Waals surface area contributed by atoms with E-state index >= 15 is 0 Å². The highest BCUT2D eigenvalue weighted by molar-refractivity contribution is 6.32. The minimum atomic E-state index is -0.00894. The minimum absolute atomic E-state index is 0.00894. The number of halogens is 2. The molecule has 3 aromatic carbocycles. The first-order valence-corrected chi connectivity index (χ1v) is 13.2. The predicted molar refractivity (Wildman–Crippen MR) is 154 cm³/mol. The Morgan fingerprint density at radius 2 is 1.76 bits per heavy atom. The lowest BCUT2D eigenvalue weighted by atomic mass is 9.98. The molecule has 1 aliphatic rings. The zero-order valence-electron chi connectivity index (χ0n) is 20.9. The monoisotopic (exact) mass is 546 g/mol. The maximum atomic E-state index is 10.0. The summed E-state index contributed by atoms with van der Waals surface area (Å²) >= 11 is 12.8. The summed E-state index contributed by atoms with van der Waals surface area (Å²) < 4.78 is 5.34. The highest BCUT2D eigenvalue weighted by atomic mass is 35.5. The maximum absolute atomic E-state index is 10.0. The molecule has 6 nitrogen and oxygen atoms in total. The first kappa shape index (κ1) is 26.0. The van der Waals surface area contributed by atoms with Gasteiger partial charge in [-0.05, 0) is 60.9 Å². The van der Waals surface area contributed by atoms with Crippen LogP contribution in [0.4, 0.5) is 5.82 Å². The third-order valence-electron chi connectivity index (χ3n) is 6.77. The van der Waals surface area contributed by atoms with Crippen LogP contribution in [0.5, 0.6) is 5.75 Å². The van der Waals surface area contributed by atoms with Crippen LogP contribution in [0.3, 0.4) is 0 Å². The van der Waals surface area contributed by atoms with Crippen molar-refractivity contribution in [3.8, 4) is 17.0 Å². The molecule has 0 spiro atoms. The number of nitrogens with zero attached hydrogens (tertiary/aromatic N) is 3. The maximum Gasteiger partial charge on any atom is 0.164 e. The number of anilines is 1. The fourth-order valence-electron chi connectivity index (χ4n) is 4.77. The van der Waals surface area contributed by atoms with Gasteiger partial charge in [0.05, 0.1) is 36.7 Å². The molecule has 194 valence electrons. The van der Waals surface area contributed by atoms with Crippen LogP contribution >= 0.6 is 23.2 Å². The summed E-state index contributed by atoms with van der Waals surface area (Å²) in [4.78, 5) is 12.2. The minimum Gasteiger partial charge on any atom is -0.497 e. The third kappa shape index (κ3) is 5.34. The third-order valence-corrected chi connectivity index (χ3v) is 7.35. The van der Waals surface area contributed by atoms with Gasteiger partial charge < -0.3 is 20.5 Å². The highest BCUT2D eigenvalue weighted by Gasteiger charge is 2.27. The second kappa shape index (κ2) is 11.4. The van der Waals surface area contributed by atoms with Crippen LogP contribution in [0.15, 0.2) is 78.9 Å². The molecule has 0 bridgehead atoms. The SMILES string of the molecule is COc1ccc(-c2cc(N3CCCC3CO)nc(C(=C(N)c3ccccc3Cl)c3ccc(Cl)cc3)n2)cc1. The predicted octanol–water partition coefficient (Wildman–Crippen LogP) is 6.30. The molecule has 0 radical (unpaired) electrons. The number of aliphatic hydroxyl groups excluding tert-OH is 1. The van der Waals surface area contributed by atoms with E-state index in [4.69, 9.17) is 43.6 Å². The van der Waals surface area contributed by atoms with Crippen molar-refractivity contribution in [2.75, 3.05) is 25.2 Å². The molecule has 8 heteroatoms. The molecule has 1 aliphatic heterocycles. The van der Waals surface area contributed by atoms with E-state index in [0.29, 0.717) is 32.7 Å². The van der Waals surface area contributed by atoms with Gasteiger partial charge in [0.15, 0.2) is 5.82 Å². The smallest absolute Gasteiger partial charge is 0.164 e. The van der Waals surface area contributed by atoms with E-state index in [-0.39, 0.29) is 12.6 Å². The van der Waals surface area contributed by atoms with Gasteiger partial charge in [-0.1, -0.05) is 53.5 Å². The van der Waals surface area contributed by atoms with Gasteiger partial charge in [-0.3, -0.25) is 0 Å². The lowest BCUT2D eigenvalue weighted by Crippen LogP contribution is -2.33. The van der Waals surface area contributed by atoms with E-state index in [1.165, 1.54) is 0 Å². The lowest BCUT2D eigenvalue weighted by molar-refractivity contribution is 0.266. The molecule has 3 N–H and O–H groups in total. The molecule has 1 aromatic heterocycles. The fourth-order valence-corrected chi connectivity index (χ4v) is 5.13. The molecule has 1 unspecified atom stereocenters. The molecule has 0 aliphatic carbocycles. The van der Waals surface area contributed by atoms with E-state index in [9.17, 15) is 5.11 Å². The zero-order valence-corrected chi connectivity index (χ0v) is 22.5. The molecular formula is C30H28Cl2N4O2. The molecule has 1 saturated heterocycles. The number of rotatable bonds is 7. The van der Waals surface area contributed by atoms with Crippen molar-refractivity contribution in [3.05, 3.63) is 106 Å². The second-order valence-corrected chi connectivity index (χ2v) is 9.95. The Labute approximate surface area is 232 Å². The molecule has 2 heterocycles. The summed E-state index contributed by atoms with van der Waals surface area (Å²) in [5.74, 6) is 1.94. The van der Waals surface area contributed by atoms with E-state index in [1.807, 2.05) is 72.8 Å². The number of aromatic nitrogens is 2. The summed E-state index contributed by atoms with van der Waals surface area (Å²) in [6, 6.07) is 24.5. The van der Waals surface area contributed by atoms with Gasteiger partial charge in [-0.2, -0.15) is 0 Å². The van der Waals surface area contributed by atoms with Gasteiger partial charge in [0.2, 0.25) is 0 Å². The van der Waals surface area contributed by atoms with E-state index in [1.54, 1.807) is 13.2 Å². The van der Waals surface area contributed by atoms with Gasteiger partial charge in [-0.25, -0.2) is 9.97 Å². The van der Waals surface area contributed by atoms with E-state index < -0.39 is 0 Å². The van der Waals surface area contributed by atoms with Gasteiger partial charge >= 0.3 is 0 Å². The summed E-state index contributed by atoms with van der Waals surface area (Å²) in [5.41, 5.74) is 11.1. The van der Waals surface area contributed by atoms with Crippen LogP contribution in [0.25, 0.3) is 22.5 Å². The zero-order chi connectivity index (χ0) is 26.6. The molecule has 5 rings (SSSR count). The number of hydrogen-bond acceptors (Lipinski definition) is 6. The highest BCUT2D eigenvalue weighted by Crippen LogP contribution is 2.35. The van der Waals surface area contributed by atoms with Crippen molar-refractivity contribution >= 4 is 40.3 Å². The quantitative estimate of drug-likeness (QED) is 0.265. The lowest BCUT2D eigenvalue weighted by Gasteiger charge is -2.25. The Morgan fingerprint density at radius 1 is 1.03 bits per heavy atom. The van der Waals surface area contributed by atoms with Gasteiger partial charge in [0.25, 0.3) is 0 Å². The first-order chi connectivity index (χ1) is 18.5. The second-order valence-electron chi connectivity index (χ2n) is 9.11. The largest absolute Gasteiger partial charge is 0.497 e. The molecule has 1 fully saturated rings. The van der Waals surface area contributed by atoms with Crippen LogP contribution in [-0.4, -0.2) is 41.4 Å². The number of benzene rings is 3. The summed E-state index contributed by atoms with van der Waals surface area (Å²) in [5, 5.41) is 11.2. The molecule has 0 saturated carbocycles. The number of nitrogens with two attached hydrogens (primary N) is 1. The summed E-state index contributed by atoms with van der Waals surface area (Å²) in [6.07, 6.45) is 1.87. The fraction of sp³-hybridized carbons (Fsp3) is 0.200. The van der Waals surface area contributed by atoms with Crippen molar-refractivity contribution in [2.24, 2.45) is 5.73 Å². The van der Waals surface area contributed by atoms with Crippen LogP contribution in [-0.2, 0) is 0 Å². The normalized spacial score (nSPS) is 15.9. The van der Waals surface area contributed by atoms with Crippen molar-refractivity contribution < 1.29 is 9.84 Å². The Hall–Kier alpha value is -3.58. The number of aliphatic hydroxyl groups is 1. The Morgan fingerprint density at radius 3 is 2.45 bits per heavy atom. The molecule has 1 atom stereocenters.